The molecule has 96 valence electrons. The highest BCUT2D eigenvalue weighted by molar-refractivity contribution is 5.81. The van der Waals surface area contributed by atoms with Gasteiger partial charge in [0, 0.05) is 0 Å². The maximum atomic E-state index is 11.8. The van der Waals surface area contributed by atoms with Gasteiger partial charge in [0.2, 0.25) is 5.91 Å². The van der Waals surface area contributed by atoms with E-state index in [4.69, 9.17) is 16.2 Å². The molecule has 0 aromatic carbocycles. The van der Waals surface area contributed by atoms with E-state index in [-0.39, 0.29) is 16.8 Å². The second-order valence-corrected chi connectivity index (χ2v) is 5.51. The van der Waals surface area contributed by atoms with Crippen LogP contribution >= 0.6 is 0 Å². The van der Waals surface area contributed by atoms with Crippen molar-refractivity contribution in [3.05, 3.63) is 0 Å². The molecular formula is C12H20N2O3. The fraction of sp³-hybridized carbons (Fsp3) is 0.833. The number of primary amides is 1. The van der Waals surface area contributed by atoms with E-state index < -0.39 is 11.9 Å². The Kier molecular flexibility index (Phi) is 2.89. The number of carbonyl (C=O) groups excluding carboxylic acids is 2. The molecule has 4 N–H and O–H groups in total. The molecule has 0 aromatic heterocycles. The van der Waals surface area contributed by atoms with Gasteiger partial charge in [-0.25, -0.2) is 0 Å². The van der Waals surface area contributed by atoms with Gasteiger partial charge in [-0.15, -0.1) is 0 Å². The molecule has 3 rings (SSSR count). The molecule has 17 heavy (non-hydrogen) atoms. The first kappa shape index (κ1) is 12.4. The van der Waals surface area contributed by atoms with E-state index in [1.54, 1.807) is 0 Å². The number of esters is 1. The van der Waals surface area contributed by atoms with Crippen LogP contribution in [-0.4, -0.2) is 25.0 Å². The lowest BCUT2D eigenvalue weighted by atomic mass is 9.51. The summed E-state index contributed by atoms with van der Waals surface area (Å²) in [6, 6.07) is -0.585. The van der Waals surface area contributed by atoms with Crippen molar-refractivity contribution < 1.29 is 14.3 Å². The van der Waals surface area contributed by atoms with Crippen LogP contribution in [0.2, 0.25) is 0 Å². The normalized spacial score (nSPS) is 37.5. The van der Waals surface area contributed by atoms with Crippen LogP contribution in [0.4, 0.5) is 0 Å². The van der Waals surface area contributed by atoms with Crippen molar-refractivity contribution >= 4 is 11.9 Å². The smallest absolute Gasteiger partial charge is 0.311 e. The van der Waals surface area contributed by atoms with E-state index in [0.29, 0.717) is 0 Å². The highest BCUT2D eigenvalue weighted by Crippen LogP contribution is 2.58. The summed E-state index contributed by atoms with van der Waals surface area (Å²) in [5.41, 5.74) is 10.7. The van der Waals surface area contributed by atoms with Gasteiger partial charge in [-0.1, -0.05) is 0 Å². The van der Waals surface area contributed by atoms with Gasteiger partial charge in [0.25, 0.3) is 0 Å². The Labute approximate surface area is 101 Å². The zero-order valence-corrected chi connectivity index (χ0v) is 10.2. The Hall–Kier alpha value is -1.10. The van der Waals surface area contributed by atoms with Gasteiger partial charge in [0.05, 0.1) is 18.6 Å². The number of carbonyl (C=O) groups is 2. The van der Waals surface area contributed by atoms with Gasteiger partial charge in [-0.05, 0) is 43.9 Å². The van der Waals surface area contributed by atoms with Crippen LogP contribution < -0.4 is 11.5 Å². The largest absolute Gasteiger partial charge is 0.469 e. The third-order valence-electron chi connectivity index (χ3n) is 4.89. The third kappa shape index (κ3) is 1.73. The topological polar surface area (TPSA) is 95.4 Å². The standard InChI is InChI=1S/C12H20N2O3/c1-17-10(16)12-5-2-11(3-6-12,4-7-12)8(13)9(14)15/h8H,2-7,13H2,1H3,(H2,14,15). The SMILES string of the molecule is COC(=O)C12CCC(C(N)C(N)=O)(CC1)CC2. The number of methoxy groups -OCH3 is 1. The summed E-state index contributed by atoms with van der Waals surface area (Å²) < 4.78 is 4.89. The minimum atomic E-state index is -0.585. The predicted octanol–water partition coefficient (Wildman–Crippen LogP) is 0.313. The van der Waals surface area contributed by atoms with Crippen LogP contribution in [0, 0.1) is 10.8 Å². The lowest BCUT2D eigenvalue weighted by Crippen LogP contribution is -2.57. The quantitative estimate of drug-likeness (QED) is 0.694. The molecule has 0 aromatic rings. The average molecular weight is 240 g/mol. The first-order chi connectivity index (χ1) is 7.96. The molecule has 3 fully saturated rings. The van der Waals surface area contributed by atoms with Crippen molar-refractivity contribution in [1.82, 2.24) is 0 Å². The van der Waals surface area contributed by atoms with Crippen LogP contribution in [0.1, 0.15) is 38.5 Å². The summed E-state index contributed by atoms with van der Waals surface area (Å²) in [5, 5.41) is 0. The van der Waals surface area contributed by atoms with Crippen LogP contribution in [0.25, 0.3) is 0 Å². The third-order valence-corrected chi connectivity index (χ3v) is 4.89. The number of ether oxygens (including phenoxy) is 1. The molecule has 3 aliphatic rings. The van der Waals surface area contributed by atoms with Crippen LogP contribution in [0.5, 0.6) is 0 Å². The zero-order valence-electron chi connectivity index (χ0n) is 10.2. The van der Waals surface area contributed by atoms with E-state index in [1.165, 1.54) is 7.11 Å². The Bertz CT molecular complexity index is 329. The Balaban J connectivity index is 2.15. The first-order valence-corrected chi connectivity index (χ1v) is 6.09. The van der Waals surface area contributed by atoms with Gasteiger partial charge in [0.1, 0.15) is 0 Å². The molecule has 0 radical (unpaired) electrons. The van der Waals surface area contributed by atoms with Gasteiger partial charge < -0.3 is 16.2 Å². The Morgan fingerprint density at radius 1 is 1.12 bits per heavy atom. The average Bonchev–Trinajstić information content (AvgIpc) is 2.38. The molecule has 3 saturated carbocycles. The number of nitrogens with two attached hydrogens (primary N) is 2. The predicted molar refractivity (Wildman–Crippen MR) is 61.8 cm³/mol. The number of fused-ring (bicyclic) bond motifs is 3. The van der Waals surface area contributed by atoms with Crippen molar-refractivity contribution in [3.8, 4) is 0 Å². The van der Waals surface area contributed by atoms with E-state index in [2.05, 4.69) is 0 Å². The van der Waals surface area contributed by atoms with Crippen LogP contribution in [0.3, 0.4) is 0 Å². The molecule has 3 aliphatic carbocycles. The second-order valence-electron chi connectivity index (χ2n) is 5.51. The summed E-state index contributed by atoms with van der Waals surface area (Å²) >= 11 is 0. The Morgan fingerprint density at radius 3 is 1.94 bits per heavy atom. The van der Waals surface area contributed by atoms with Gasteiger partial charge in [-0.2, -0.15) is 0 Å². The van der Waals surface area contributed by atoms with Crippen molar-refractivity contribution in [2.45, 2.75) is 44.6 Å². The molecule has 2 bridgehead atoms. The maximum absolute atomic E-state index is 11.8. The molecule has 1 atom stereocenters. The van der Waals surface area contributed by atoms with Crippen LogP contribution in [0.15, 0.2) is 0 Å². The van der Waals surface area contributed by atoms with Crippen LogP contribution in [-0.2, 0) is 14.3 Å². The summed E-state index contributed by atoms with van der Waals surface area (Å²) in [5.74, 6) is -0.545. The maximum Gasteiger partial charge on any atom is 0.311 e. The highest BCUT2D eigenvalue weighted by atomic mass is 16.5. The van der Waals surface area contributed by atoms with Gasteiger partial charge in [0.15, 0.2) is 0 Å². The monoisotopic (exact) mass is 240 g/mol. The fourth-order valence-electron chi connectivity index (χ4n) is 3.51. The van der Waals surface area contributed by atoms with Crippen molar-refractivity contribution in [1.29, 1.82) is 0 Å². The molecule has 5 heteroatoms. The molecule has 5 nitrogen and oxygen atoms in total. The Morgan fingerprint density at radius 2 is 1.59 bits per heavy atom. The number of hydrogen-bond donors (Lipinski definition) is 2. The van der Waals surface area contributed by atoms with Crippen molar-refractivity contribution in [2.24, 2.45) is 22.3 Å². The minimum Gasteiger partial charge on any atom is -0.469 e. The molecular weight excluding hydrogens is 220 g/mol. The fourth-order valence-corrected chi connectivity index (χ4v) is 3.51. The van der Waals surface area contributed by atoms with Gasteiger partial charge in [-0.3, -0.25) is 9.59 Å². The van der Waals surface area contributed by atoms with Crippen molar-refractivity contribution in [2.75, 3.05) is 7.11 Å². The summed E-state index contributed by atoms with van der Waals surface area (Å²) in [4.78, 5) is 23.1. The van der Waals surface area contributed by atoms with Gasteiger partial charge >= 0.3 is 5.97 Å². The molecule has 0 heterocycles. The first-order valence-electron chi connectivity index (χ1n) is 6.09. The molecule has 1 unspecified atom stereocenters. The highest BCUT2D eigenvalue weighted by Gasteiger charge is 2.55. The van der Waals surface area contributed by atoms with E-state index >= 15 is 0 Å². The minimum absolute atomic E-state index is 0.113. The van der Waals surface area contributed by atoms with E-state index in [1.807, 2.05) is 0 Å². The van der Waals surface area contributed by atoms with E-state index in [0.717, 1.165) is 38.5 Å². The number of hydrogen-bond acceptors (Lipinski definition) is 4. The zero-order chi connectivity index (χ0) is 12.7. The molecule has 0 saturated heterocycles. The summed E-state index contributed by atoms with van der Waals surface area (Å²) in [7, 11) is 1.43. The molecule has 0 spiro atoms. The number of rotatable bonds is 3. The molecule has 0 aliphatic heterocycles. The number of amides is 1. The summed E-state index contributed by atoms with van der Waals surface area (Å²) in [6.07, 6.45) is 4.69. The second kappa shape index (κ2) is 3.98. The lowest BCUT2D eigenvalue weighted by molar-refractivity contribution is -0.164. The summed E-state index contributed by atoms with van der Waals surface area (Å²) in [6.45, 7) is 0. The lowest BCUT2D eigenvalue weighted by Gasteiger charge is -2.53. The van der Waals surface area contributed by atoms with E-state index in [9.17, 15) is 9.59 Å². The van der Waals surface area contributed by atoms with Crippen molar-refractivity contribution in [3.63, 3.8) is 0 Å². The molecule has 1 amide bonds.